The van der Waals surface area contributed by atoms with Gasteiger partial charge in [-0.3, -0.25) is 0 Å². The predicted octanol–water partition coefficient (Wildman–Crippen LogP) is 0.602. The Kier molecular flexibility index (Phi) is 5.68. The highest BCUT2D eigenvalue weighted by atomic mass is 32.1. The smallest absolute Gasteiger partial charge is 0.0272 e. The van der Waals surface area contributed by atoms with Crippen molar-refractivity contribution in [3.8, 4) is 0 Å². The molecule has 4 heteroatoms. The minimum atomic E-state index is 0.624. The number of hydrogen-bond acceptors (Lipinski definition) is 4. The van der Waals surface area contributed by atoms with Gasteiger partial charge >= 0.3 is 0 Å². The van der Waals surface area contributed by atoms with Gasteiger partial charge in [0.1, 0.15) is 0 Å². The van der Waals surface area contributed by atoms with Gasteiger partial charge in [-0.25, -0.2) is 0 Å². The molecule has 1 unspecified atom stereocenters. The molecule has 0 saturated carbocycles. The van der Waals surface area contributed by atoms with Crippen molar-refractivity contribution in [3.63, 3.8) is 0 Å². The third-order valence-electron chi connectivity index (χ3n) is 2.85. The summed E-state index contributed by atoms with van der Waals surface area (Å²) in [6.45, 7) is 4.38. The van der Waals surface area contributed by atoms with Crippen LogP contribution in [0.5, 0.6) is 0 Å². The van der Waals surface area contributed by atoms with Crippen LogP contribution in [0.3, 0.4) is 0 Å². The molecule has 88 valence electrons. The van der Waals surface area contributed by atoms with Gasteiger partial charge in [0.2, 0.25) is 0 Å². The minimum absolute atomic E-state index is 0.624. The quantitative estimate of drug-likeness (QED) is 0.672. The van der Waals surface area contributed by atoms with Crippen LogP contribution >= 0.6 is 12.2 Å². The Labute approximate surface area is 98.8 Å². The summed E-state index contributed by atoms with van der Waals surface area (Å²) in [5.41, 5.74) is 0. The van der Waals surface area contributed by atoms with Crippen LogP contribution in [0.1, 0.15) is 12.8 Å². The van der Waals surface area contributed by atoms with Gasteiger partial charge in [0.25, 0.3) is 0 Å². The standard InChI is InChI=1S/C11H23N3S/c1-13(2)6-7-14(3)5-4-10-8-11(15)9-12-10/h10,12H,4-9H2,1-3H3. The van der Waals surface area contributed by atoms with Crippen molar-refractivity contribution in [2.75, 3.05) is 47.3 Å². The zero-order chi connectivity index (χ0) is 11.3. The average Bonchev–Trinajstić information content (AvgIpc) is 2.58. The maximum Gasteiger partial charge on any atom is 0.0272 e. The largest absolute Gasteiger partial charge is 0.309 e. The zero-order valence-electron chi connectivity index (χ0n) is 10.1. The Bertz CT molecular complexity index is 206. The summed E-state index contributed by atoms with van der Waals surface area (Å²) >= 11 is 5.18. The molecular weight excluding hydrogens is 206 g/mol. The number of rotatable bonds is 6. The Morgan fingerprint density at radius 1 is 1.27 bits per heavy atom. The zero-order valence-corrected chi connectivity index (χ0v) is 10.9. The normalized spacial score (nSPS) is 21.9. The fourth-order valence-electron chi connectivity index (χ4n) is 1.74. The van der Waals surface area contributed by atoms with Crippen LogP contribution in [0.4, 0.5) is 0 Å². The van der Waals surface area contributed by atoms with Crippen molar-refractivity contribution in [2.45, 2.75) is 18.9 Å². The molecule has 0 aromatic heterocycles. The van der Waals surface area contributed by atoms with Gasteiger partial charge < -0.3 is 15.1 Å². The molecule has 1 aliphatic heterocycles. The Morgan fingerprint density at radius 3 is 2.53 bits per heavy atom. The van der Waals surface area contributed by atoms with E-state index in [2.05, 4.69) is 36.3 Å². The van der Waals surface area contributed by atoms with E-state index in [0.717, 1.165) is 32.6 Å². The fourth-order valence-corrected chi connectivity index (χ4v) is 2.02. The summed E-state index contributed by atoms with van der Waals surface area (Å²) in [7, 11) is 6.42. The molecule has 1 atom stereocenters. The van der Waals surface area contributed by atoms with Crippen molar-refractivity contribution < 1.29 is 0 Å². The van der Waals surface area contributed by atoms with Crippen LogP contribution in [0.2, 0.25) is 0 Å². The number of nitrogens with zero attached hydrogens (tertiary/aromatic N) is 2. The highest BCUT2D eigenvalue weighted by Crippen LogP contribution is 2.07. The Hall–Kier alpha value is -0.0300. The summed E-state index contributed by atoms with van der Waals surface area (Å²) in [5.74, 6) is 0. The molecule has 1 N–H and O–H groups in total. The van der Waals surface area contributed by atoms with Gasteiger partial charge in [-0.15, -0.1) is 0 Å². The lowest BCUT2D eigenvalue weighted by atomic mass is 10.1. The van der Waals surface area contributed by atoms with Crippen molar-refractivity contribution in [1.29, 1.82) is 0 Å². The molecule has 1 rings (SSSR count). The second kappa shape index (κ2) is 6.53. The van der Waals surface area contributed by atoms with Crippen LogP contribution in [0, 0.1) is 0 Å². The summed E-state index contributed by atoms with van der Waals surface area (Å²) in [5, 5.41) is 3.45. The highest BCUT2D eigenvalue weighted by molar-refractivity contribution is 7.80. The van der Waals surface area contributed by atoms with Crippen molar-refractivity contribution >= 4 is 17.1 Å². The fraction of sp³-hybridized carbons (Fsp3) is 0.909. The van der Waals surface area contributed by atoms with E-state index in [4.69, 9.17) is 12.2 Å². The summed E-state index contributed by atoms with van der Waals surface area (Å²) in [6, 6.07) is 0.624. The lowest BCUT2D eigenvalue weighted by molar-refractivity contribution is 0.271. The van der Waals surface area contributed by atoms with Gasteiger partial charge in [-0.1, -0.05) is 12.2 Å². The third kappa shape index (κ3) is 5.56. The molecule has 0 aliphatic carbocycles. The first-order chi connectivity index (χ1) is 7.08. The summed E-state index contributed by atoms with van der Waals surface area (Å²) < 4.78 is 0. The molecule has 0 aromatic carbocycles. The molecule has 0 radical (unpaired) electrons. The Morgan fingerprint density at radius 2 is 2.00 bits per heavy atom. The van der Waals surface area contributed by atoms with Crippen LogP contribution in [-0.2, 0) is 0 Å². The predicted molar refractivity (Wildman–Crippen MR) is 69.7 cm³/mol. The van der Waals surface area contributed by atoms with E-state index in [-0.39, 0.29) is 0 Å². The maximum absolute atomic E-state index is 5.18. The first kappa shape index (κ1) is 13.0. The van der Waals surface area contributed by atoms with E-state index in [0.29, 0.717) is 6.04 Å². The lowest BCUT2D eigenvalue weighted by Gasteiger charge is -2.20. The molecule has 0 spiro atoms. The number of likely N-dealkylation sites (N-methyl/N-ethyl adjacent to an activating group) is 2. The maximum atomic E-state index is 5.18. The molecule has 0 amide bonds. The number of nitrogens with one attached hydrogen (secondary N) is 1. The van der Waals surface area contributed by atoms with Crippen molar-refractivity contribution in [1.82, 2.24) is 15.1 Å². The van der Waals surface area contributed by atoms with Gasteiger partial charge in [-0.05, 0) is 40.5 Å². The van der Waals surface area contributed by atoms with Gasteiger partial charge in [0.15, 0.2) is 0 Å². The molecule has 1 saturated heterocycles. The monoisotopic (exact) mass is 229 g/mol. The average molecular weight is 229 g/mol. The molecule has 0 bridgehead atoms. The third-order valence-corrected chi connectivity index (χ3v) is 3.16. The summed E-state index contributed by atoms with van der Waals surface area (Å²) in [6.07, 6.45) is 2.31. The molecule has 1 heterocycles. The molecular formula is C11H23N3S. The van der Waals surface area contributed by atoms with E-state index in [1.807, 2.05) is 0 Å². The van der Waals surface area contributed by atoms with Crippen LogP contribution in [0.15, 0.2) is 0 Å². The first-order valence-corrected chi connectivity index (χ1v) is 6.07. The topological polar surface area (TPSA) is 18.5 Å². The van der Waals surface area contributed by atoms with Gasteiger partial charge in [-0.2, -0.15) is 0 Å². The van der Waals surface area contributed by atoms with Crippen LogP contribution < -0.4 is 5.32 Å². The highest BCUT2D eigenvalue weighted by Gasteiger charge is 2.18. The number of thiocarbonyl (C=S) groups is 1. The van der Waals surface area contributed by atoms with Crippen molar-refractivity contribution in [2.24, 2.45) is 0 Å². The van der Waals surface area contributed by atoms with E-state index in [9.17, 15) is 0 Å². The van der Waals surface area contributed by atoms with Gasteiger partial charge in [0.05, 0.1) is 0 Å². The van der Waals surface area contributed by atoms with E-state index in [1.165, 1.54) is 11.3 Å². The molecule has 1 fully saturated rings. The van der Waals surface area contributed by atoms with E-state index >= 15 is 0 Å². The molecule has 1 aliphatic rings. The minimum Gasteiger partial charge on any atom is -0.309 e. The second-order valence-corrected chi connectivity index (χ2v) is 5.29. The van der Waals surface area contributed by atoms with Crippen LogP contribution in [-0.4, -0.2) is 68.0 Å². The van der Waals surface area contributed by atoms with E-state index < -0.39 is 0 Å². The SMILES string of the molecule is CN(C)CCN(C)CCC1CC(=S)CN1. The molecule has 15 heavy (non-hydrogen) atoms. The second-order valence-electron chi connectivity index (χ2n) is 4.72. The molecule has 3 nitrogen and oxygen atoms in total. The van der Waals surface area contributed by atoms with E-state index in [1.54, 1.807) is 0 Å². The van der Waals surface area contributed by atoms with Crippen LogP contribution in [0.25, 0.3) is 0 Å². The summed E-state index contributed by atoms with van der Waals surface area (Å²) in [4.78, 5) is 5.80. The Balaban J connectivity index is 2.06. The molecule has 0 aromatic rings. The van der Waals surface area contributed by atoms with Gasteiger partial charge in [0, 0.05) is 30.5 Å². The van der Waals surface area contributed by atoms with Crippen molar-refractivity contribution in [3.05, 3.63) is 0 Å². The lowest BCUT2D eigenvalue weighted by Crippen LogP contribution is -2.32. The number of hydrogen-bond donors (Lipinski definition) is 1. The first-order valence-electron chi connectivity index (χ1n) is 5.66.